The summed E-state index contributed by atoms with van der Waals surface area (Å²) in [7, 11) is 0. The average molecular weight is 244 g/mol. The number of hydrogen-bond donors (Lipinski definition) is 1. The van der Waals surface area contributed by atoms with Crippen LogP contribution in [0.5, 0.6) is 5.75 Å². The van der Waals surface area contributed by atoms with Crippen molar-refractivity contribution in [3.05, 3.63) is 46.9 Å². The molecule has 1 aromatic heterocycles. The lowest BCUT2D eigenvalue weighted by molar-refractivity contribution is -0.274. The lowest BCUT2D eigenvalue weighted by Gasteiger charge is -2.09. The highest BCUT2D eigenvalue weighted by molar-refractivity contribution is 5.36. The summed E-state index contributed by atoms with van der Waals surface area (Å²) in [5.41, 5.74) is 0.129. The van der Waals surface area contributed by atoms with Crippen molar-refractivity contribution in [2.24, 2.45) is 0 Å². The van der Waals surface area contributed by atoms with Gasteiger partial charge in [0.2, 0.25) is 0 Å². The third kappa shape index (κ3) is 2.68. The number of hydrogen-bond acceptors (Lipinski definition) is 2. The zero-order chi connectivity index (χ0) is 12.5. The molecule has 0 amide bonds. The summed E-state index contributed by atoms with van der Waals surface area (Å²) in [5.74, 6) is -0.333. The molecule has 0 radical (unpaired) electrons. The Morgan fingerprint density at radius 1 is 1.12 bits per heavy atom. The molecule has 2 rings (SSSR count). The first-order valence-electron chi connectivity index (χ1n) is 4.58. The van der Waals surface area contributed by atoms with Crippen LogP contribution >= 0.6 is 0 Å². The van der Waals surface area contributed by atoms with E-state index in [0.717, 1.165) is 12.1 Å². The second kappa shape index (κ2) is 4.00. The van der Waals surface area contributed by atoms with E-state index in [4.69, 9.17) is 0 Å². The molecule has 0 bridgehead atoms. The molecule has 1 aromatic carbocycles. The third-order valence-electron chi connectivity index (χ3n) is 1.98. The molecule has 0 saturated heterocycles. The van der Waals surface area contributed by atoms with Gasteiger partial charge in [-0.1, -0.05) is 0 Å². The molecule has 0 atom stereocenters. The first-order chi connectivity index (χ1) is 7.96. The first kappa shape index (κ1) is 11.3. The van der Waals surface area contributed by atoms with Crippen molar-refractivity contribution in [2.75, 3.05) is 0 Å². The molecule has 1 heterocycles. The fraction of sp³-hybridized carbons (Fsp3) is 0.100. The molecule has 2 aromatic rings. The molecule has 0 aliphatic heterocycles. The van der Waals surface area contributed by atoms with Gasteiger partial charge < -0.3 is 4.74 Å². The maximum atomic E-state index is 11.9. The smallest absolute Gasteiger partial charge is 0.406 e. The van der Waals surface area contributed by atoms with E-state index in [1.54, 1.807) is 0 Å². The van der Waals surface area contributed by atoms with E-state index >= 15 is 0 Å². The monoisotopic (exact) mass is 244 g/mol. The van der Waals surface area contributed by atoms with Gasteiger partial charge in [-0.3, -0.25) is 9.89 Å². The largest absolute Gasteiger partial charge is 0.573 e. The number of aromatic amines is 1. The van der Waals surface area contributed by atoms with Crippen molar-refractivity contribution >= 4 is 0 Å². The Labute approximate surface area is 93.2 Å². The normalized spacial score (nSPS) is 11.5. The molecule has 0 fully saturated rings. The van der Waals surface area contributed by atoms with Crippen LogP contribution in [0.4, 0.5) is 13.2 Å². The second-order valence-electron chi connectivity index (χ2n) is 3.18. The number of H-pyrrole nitrogens is 1. The number of aromatic nitrogens is 2. The molecule has 0 aliphatic carbocycles. The maximum absolute atomic E-state index is 11.9. The number of ether oxygens (including phenoxy) is 1. The summed E-state index contributed by atoms with van der Waals surface area (Å²) in [5, 5.41) is 2.63. The van der Waals surface area contributed by atoms with Crippen molar-refractivity contribution < 1.29 is 17.9 Å². The van der Waals surface area contributed by atoms with Gasteiger partial charge in [-0.25, -0.2) is 4.68 Å². The van der Waals surface area contributed by atoms with Crippen LogP contribution in [-0.4, -0.2) is 16.1 Å². The number of halogens is 3. The molecule has 1 N–H and O–H groups in total. The van der Waals surface area contributed by atoms with Crippen molar-refractivity contribution in [1.82, 2.24) is 9.78 Å². The van der Waals surface area contributed by atoms with Gasteiger partial charge in [0.25, 0.3) is 5.56 Å². The zero-order valence-corrected chi connectivity index (χ0v) is 8.36. The Bertz CT molecular complexity index is 554. The SMILES string of the molecule is O=c1cc[nH]n1-c1ccc(OC(F)(F)F)cc1. The van der Waals surface area contributed by atoms with Gasteiger partial charge >= 0.3 is 6.36 Å². The standard InChI is InChI=1S/C10H7F3N2O2/c11-10(12,13)17-8-3-1-7(2-4-8)15-9(16)5-6-14-15/h1-6,14H. The number of alkyl halides is 3. The molecule has 4 nitrogen and oxygen atoms in total. The molecule has 17 heavy (non-hydrogen) atoms. The van der Waals surface area contributed by atoms with E-state index in [9.17, 15) is 18.0 Å². The van der Waals surface area contributed by atoms with Crippen LogP contribution in [0.1, 0.15) is 0 Å². The maximum Gasteiger partial charge on any atom is 0.573 e. The highest BCUT2D eigenvalue weighted by Crippen LogP contribution is 2.23. The van der Waals surface area contributed by atoms with Crippen LogP contribution in [0, 0.1) is 0 Å². The van der Waals surface area contributed by atoms with E-state index in [1.807, 2.05) is 0 Å². The van der Waals surface area contributed by atoms with E-state index in [2.05, 4.69) is 9.84 Å². The second-order valence-corrected chi connectivity index (χ2v) is 3.18. The highest BCUT2D eigenvalue weighted by atomic mass is 19.4. The number of nitrogens with one attached hydrogen (secondary N) is 1. The van der Waals surface area contributed by atoms with Crippen LogP contribution in [0.2, 0.25) is 0 Å². The minimum Gasteiger partial charge on any atom is -0.406 e. The van der Waals surface area contributed by atoms with Gasteiger partial charge in [0.1, 0.15) is 5.75 Å². The van der Waals surface area contributed by atoms with Gasteiger partial charge in [-0.2, -0.15) is 0 Å². The highest BCUT2D eigenvalue weighted by Gasteiger charge is 2.30. The summed E-state index contributed by atoms with van der Waals surface area (Å²) in [4.78, 5) is 11.3. The molecular weight excluding hydrogens is 237 g/mol. The predicted octanol–water partition coefficient (Wildman–Crippen LogP) is 2.06. The van der Waals surface area contributed by atoms with E-state index in [0.29, 0.717) is 5.69 Å². The van der Waals surface area contributed by atoms with Crippen LogP contribution in [0.3, 0.4) is 0 Å². The van der Waals surface area contributed by atoms with Gasteiger partial charge in [0.15, 0.2) is 0 Å². The van der Waals surface area contributed by atoms with Crippen molar-refractivity contribution in [3.63, 3.8) is 0 Å². The molecular formula is C10H7F3N2O2. The number of rotatable bonds is 2. The predicted molar refractivity (Wildman–Crippen MR) is 53.1 cm³/mol. The molecule has 0 spiro atoms. The minimum absolute atomic E-state index is 0.297. The van der Waals surface area contributed by atoms with Crippen molar-refractivity contribution in [1.29, 1.82) is 0 Å². The van der Waals surface area contributed by atoms with Gasteiger partial charge in [0, 0.05) is 12.3 Å². The van der Waals surface area contributed by atoms with Gasteiger partial charge in [0.05, 0.1) is 5.69 Å². The van der Waals surface area contributed by atoms with Crippen molar-refractivity contribution in [2.45, 2.75) is 6.36 Å². The Balaban J connectivity index is 2.25. The Morgan fingerprint density at radius 2 is 1.76 bits per heavy atom. The molecule has 7 heteroatoms. The van der Waals surface area contributed by atoms with E-state index in [-0.39, 0.29) is 11.3 Å². The quantitative estimate of drug-likeness (QED) is 0.878. The molecule has 0 unspecified atom stereocenters. The summed E-state index contributed by atoms with van der Waals surface area (Å²) >= 11 is 0. The van der Waals surface area contributed by atoms with E-state index in [1.165, 1.54) is 29.1 Å². The van der Waals surface area contributed by atoms with Crippen LogP contribution in [-0.2, 0) is 0 Å². The lowest BCUT2D eigenvalue weighted by Crippen LogP contribution is -2.17. The Kier molecular flexibility index (Phi) is 2.66. The van der Waals surface area contributed by atoms with Gasteiger partial charge in [-0.05, 0) is 24.3 Å². The average Bonchev–Trinajstić information content (AvgIpc) is 2.63. The molecule has 0 aliphatic rings. The lowest BCUT2D eigenvalue weighted by atomic mass is 10.3. The summed E-state index contributed by atoms with van der Waals surface area (Å²) in [6.07, 6.45) is -3.28. The van der Waals surface area contributed by atoms with Crippen molar-refractivity contribution in [3.8, 4) is 11.4 Å². The summed E-state index contributed by atoms with van der Waals surface area (Å²) in [6.45, 7) is 0. The van der Waals surface area contributed by atoms with E-state index < -0.39 is 6.36 Å². The Hall–Kier alpha value is -2.18. The Morgan fingerprint density at radius 3 is 2.24 bits per heavy atom. The molecule has 0 saturated carbocycles. The fourth-order valence-corrected chi connectivity index (χ4v) is 1.32. The minimum atomic E-state index is -4.72. The van der Waals surface area contributed by atoms with Crippen LogP contribution in [0.25, 0.3) is 5.69 Å². The number of benzene rings is 1. The summed E-state index contributed by atoms with van der Waals surface area (Å²) < 4.78 is 40.6. The van der Waals surface area contributed by atoms with Crippen LogP contribution < -0.4 is 10.3 Å². The van der Waals surface area contributed by atoms with Gasteiger partial charge in [-0.15, -0.1) is 13.2 Å². The number of nitrogens with zero attached hydrogens (tertiary/aromatic N) is 1. The fourth-order valence-electron chi connectivity index (χ4n) is 1.32. The third-order valence-corrected chi connectivity index (χ3v) is 1.98. The molecule has 90 valence electrons. The zero-order valence-electron chi connectivity index (χ0n) is 8.36. The summed E-state index contributed by atoms with van der Waals surface area (Å²) in [6, 6.07) is 6.27. The topological polar surface area (TPSA) is 47.0 Å². The van der Waals surface area contributed by atoms with Crippen LogP contribution in [0.15, 0.2) is 41.3 Å². The first-order valence-corrected chi connectivity index (χ1v) is 4.58.